The average Bonchev–Trinajstić information content (AvgIpc) is 2.38. The van der Waals surface area contributed by atoms with E-state index in [1.165, 1.54) is 37.7 Å². The van der Waals surface area contributed by atoms with Gasteiger partial charge in [-0.05, 0) is 29.4 Å². The molecule has 0 spiro atoms. The standard InChI is InChI=1S/C14H20.C3H8.C2H6/c1-11(2)14-8-4-7-13(10-14)9-12-5-3-6-12;1-3-2;1-2/h4,7-8,10-12H,3,5-6,9H2,1-2H3;3H2,1-2H3;1-2H3. The molecule has 0 nitrogen and oxygen atoms in total. The second-order valence-electron chi connectivity index (χ2n) is 5.61. The Kier molecular flexibility index (Phi) is 10.6. The van der Waals surface area contributed by atoms with Crippen LogP contribution in [-0.4, -0.2) is 0 Å². The van der Waals surface area contributed by atoms with E-state index in [-0.39, 0.29) is 0 Å². The number of hydrogen-bond donors (Lipinski definition) is 0. The monoisotopic (exact) mass is 262 g/mol. The van der Waals surface area contributed by atoms with Gasteiger partial charge in [-0.3, -0.25) is 0 Å². The van der Waals surface area contributed by atoms with Crippen LogP contribution < -0.4 is 0 Å². The summed E-state index contributed by atoms with van der Waals surface area (Å²) in [4.78, 5) is 0. The lowest BCUT2D eigenvalue weighted by Gasteiger charge is -2.25. The van der Waals surface area contributed by atoms with Crippen molar-refractivity contribution in [3.63, 3.8) is 0 Å². The molecule has 1 aliphatic rings. The van der Waals surface area contributed by atoms with Crippen LogP contribution in [-0.2, 0) is 6.42 Å². The van der Waals surface area contributed by atoms with Crippen molar-refractivity contribution in [3.8, 4) is 0 Å². The van der Waals surface area contributed by atoms with Gasteiger partial charge < -0.3 is 0 Å². The first-order valence-electron chi connectivity index (χ1n) is 8.26. The molecule has 0 aromatic heterocycles. The largest absolute Gasteiger partial charge is 0.0683 e. The van der Waals surface area contributed by atoms with Gasteiger partial charge >= 0.3 is 0 Å². The number of benzene rings is 1. The van der Waals surface area contributed by atoms with E-state index in [0.29, 0.717) is 5.92 Å². The second-order valence-corrected chi connectivity index (χ2v) is 5.61. The van der Waals surface area contributed by atoms with Gasteiger partial charge in [0.15, 0.2) is 0 Å². The normalized spacial score (nSPS) is 13.8. The molecule has 0 unspecified atom stereocenters. The van der Waals surface area contributed by atoms with Gasteiger partial charge in [0.2, 0.25) is 0 Å². The number of hydrogen-bond acceptors (Lipinski definition) is 0. The minimum atomic E-state index is 0.663. The van der Waals surface area contributed by atoms with E-state index in [1.807, 2.05) is 13.8 Å². The quantitative estimate of drug-likeness (QED) is 0.576. The van der Waals surface area contributed by atoms with Crippen LogP contribution in [0.15, 0.2) is 24.3 Å². The Morgan fingerprint density at radius 1 is 1.11 bits per heavy atom. The van der Waals surface area contributed by atoms with Gasteiger partial charge in [-0.25, -0.2) is 0 Å². The Bertz CT molecular complexity index is 308. The predicted molar refractivity (Wildman–Crippen MR) is 88.9 cm³/mol. The zero-order valence-corrected chi connectivity index (χ0v) is 14.0. The molecule has 0 atom stereocenters. The van der Waals surface area contributed by atoms with Gasteiger partial charge in [0.1, 0.15) is 0 Å². The van der Waals surface area contributed by atoms with Crippen molar-refractivity contribution >= 4 is 0 Å². The fourth-order valence-electron chi connectivity index (χ4n) is 2.11. The zero-order valence-electron chi connectivity index (χ0n) is 14.0. The molecule has 0 amide bonds. The summed E-state index contributed by atoms with van der Waals surface area (Å²) in [6.07, 6.45) is 6.91. The lowest BCUT2D eigenvalue weighted by molar-refractivity contribution is 0.314. The first-order valence-corrected chi connectivity index (χ1v) is 8.26. The van der Waals surface area contributed by atoms with Gasteiger partial charge in [0.05, 0.1) is 0 Å². The molecule has 0 heterocycles. The van der Waals surface area contributed by atoms with E-state index in [4.69, 9.17) is 0 Å². The predicted octanol–water partition coefficient (Wildman–Crippen LogP) is 6.60. The highest BCUT2D eigenvalue weighted by atomic mass is 14.2. The highest BCUT2D eigenvalue weighted by Crippen LogP contribution is 2.30. The summed E-state index contributed by atoms with van der Waals surface area (Å²) in [5.74, 6) is 1.65. The third kappa shape index (κ3) is 7.40. The summed E-state index contributed by atoms with van der Waals surface area (Å²) in [6.45, 7) is 12.8. The molecular weight excluding hydrogens is 228 g/mol. The van der Waals surface area contributed by atoms with Crippen molar-refractivity contribution < 1.29 is 0 Å². The van der Waals surface area contributed by atoms with Crippen LogP contribution in [0, 0.1) is 5.92 Å². The number of rotatable bonds is 3. The van der Waals surface area contributed by atoms with E-state index in [1.54, 1.807) is 5.56 Å². The van der Waals surface area contributed by atoms with Crippen molar-refractivity contribution in [1.82, 2.24) is 0 Å². The highest BCUT2D eigenvalue weighted by molar-refractivity contribution is 5.26. The van der Waals surface area contributed by atoms with Crippen molar-refractivity contribution in [2.24, 2.45) is 5.92 Å². The Balaban J connectivity index is 0.000000573. The molecule has 1 aromatic rings. The molecule has 1 aliphatic carbocycles. The maximum absolute atomic E-state index is 2.39. The molecule has 0 aliphatic heterocycles. The van der Waals surface area contributed by atoms with Crippen molar-refractivity contribution in [2.45, 2.75) is 79.6 Å². The highest BCUT2D eigenvalue weighted by Gasteiger charge is 2.17. The maximum Gasteiger partial charge on any atom is -0.0219 e. The minimum Gasteiger partial charge on any atom is -0.0683 e. The molecule has 0 radical (unpaired) electrons. The third-order valence-electron chi connectivity index (χ3n) is 3.37. The molecule has 0 N–H and O–H groups in total. The molecule has 1 fully saturated rings. The van der Waals surface area contributed by atoms with Gasteiger partial charge in [-0.1, -0.05) is 91.5 Å². The van der Waals surface area contributed by atoms with Crippen molar-refractivity contribution in [3.05, 3.63) is 35.4 Å². The summed E-state index contributed by atoms with van der Waals surface area (Å²) in [7, 11) is 0. The maximum atomic E-state index is 2.39. The Hall–Kier alpha value is -0.780. The molecule has 2 rings (SSSR count). The third-order valence-corrected chi connectivity index (χ3v) is 3.37. The zero-order chi connectivity index (χ0) is 14.7. The van der Waals surface area contributed by atoms with Crippen molar-refractivity contribution in [2.75, 3.05) is 0 Å². The average molecular weight is 262 g/mol. The summed E-state index contributed by atoms with van der Waals surface area (Å²) in [5.41, 5.74) is 3.03. The smallest absolute Gasteiger partial charge is 0.0219 e. The molecule has 1 aromatic carbocycles. The molecule has 110 valence electrons. The molecule has 1 saturated carbocycles. The van der Waals surface area contributed by atoms with E-state index in [0.717, 1.165) is 5.92 Å². The first-order chi connectivity index (χ1) is 9.17. The molecule has 19 heavy (non-hydrogen) atoms. The van der Waals surface area contributed by atoms with Crippen LogP contribution in [0.2, 0.25) is 0 Å². The van der Waals surface area contributed by atoms with Crippen LogP contribution >= 0.6 is 0 Å². The van der Waals surface area contributed by atoms with Gasteiger partial charge in [0.25, 0.3) is 0 Å². The van der Waals surface area contributed by atoms with E-state index >= 15 is 0 Å². The Morgan fingerprint density at radius 2 is 1.68 bits per heavy atom. The second kappa shape index (κ2) is 11.1. The van der Waals surface area contributed by atoms with Crippen LogP contribution in [0.4, 0.5) is 0 Å². The fourth-order valence-corrected chi connectivity index (χ4v) is 2.11. The molecule has 0 saturated heterocycles. The Labute approximate surface area is 121 Å². The molecular formula is C19H34. The van der Waals surface area contributed by atoms with Gasteiger partial charge in [-0.15, -0.1) is 0 Å². The summed E-state index contributed by atoms with van der Waals surface area (Å²) >= 11 is 0. The van der Waals surface area contributed by atoms with Crippen LogP contribution in [0.3, 0.4) is 0 Å². The van der Waals surface area contributed by atoms with Crippen LogP contribution in [0.1, 0.15) is 84.3 Å². The van der Waals surface area contributed by atoms with Gasteiger partial charge in [0, 0.05) is 0 Å². The van der Waals surface area contributed by atoms with Crippen LogP contribution in [0.5, 0.6) is 0 Å². The minimum absolute atomic E-state index is 0.663. The molecule has 0 heteroatoms. The molecule has 0 bridgehead atoms. The SMILES string of the molecule is CC.CC(C)c1cccc(CC2CCC2)c1.CCC. The van der Waals surface area contributed by atoms with E-state index in [9.17, 15) is 0 Å². The van der Waals surface area contributed by atoms with Crippen LogP contribution in [0.25, 0.3) is 0 Å². The summed E-state index contributed by atoms with van der Waals surface area (Å²) in [5, 5.41) is 0. The Morgan fingerprint density at radius 3 is 2.11 bits per heavy atom. The van der Waals surface area contributed by atoms with Crippen molar-refractivity contribution in [1.29, 1.82) is 0 Å². The van der Waals surface area contributed by atoms with E-state index < -0.39 is 0 Å². The lowest BCUT2D eigenvalue weighted by Crippen LogP contribution is -2.13. The topological polar surface area (TPSA) is 0 Å². The van der Waals surface area contributed by atoms with E-state index in [2.05, 4.69) is 52.0 Å². The lowest BCUT2D eigenvalue weighted by atomic mass is 9.80. The summed E-state index contributed by atoms with van der Waals surface area (Å²) in [6, 6.07) is 9.13. The fraction of sp³-hybridized carbons (Fsp3) is 0.684. The first kappa shape index (κ1) is 18.2. The summed E-state index contributed by atoms with van der Waals surface area (Å²) < 4.78 is 0. The van der Waals surface area contributed by atoms with Gasteiger partial charge in [-0.2, -0.15) is 0 Å².